The van der Waals surface area contributed by atoms with Gasteiger partial charge in [-0.1, -0.05) is 0 Å². The number of aliphatic hydroxyl groups excluding tert-OH is 1. The first-order chi connectivity index (χ1) is 15.5. The quantitative estimate of drug-likeness (QED) is 0.267. The van der Waals surface area contributed by atoms with E-state index in [1.165, 1.54) is 7.11 Å². The zero-order valence-electron chi connectivity index (χ0n) is 17.5. The Balaban J connectivity index is 0. The fourth-order valence-electron chi connectivity index (χ4n) is 1.95. The lowest BCUT2D eigenvalue weighted by Crippen LogP contribution is -2.16. The third-order valence-corrected chi connectivity index (χ3v) is 4.18. The molecule has 2 atom stereocenters. The second-order valence-electron chi connectivity index (χ2n) is 5.65. The van der Waals surface area contributed by atoms with Crippen LogP contribution in [0.2, 0.25) is 0 Å². The van der Waals surface area contributed by atoms with Crippen LogP contribution in [0.25, 0.3) is 0 Å². The van der Waals surface area contributed by atoms with Crippen molar-refractivity contribution < 1.29 is 28.7 Å². The Hall–Kier alpha value is -1.19. The Morgan fingerprint density at radius 1 is 1.00 bits per heavy atom. The molecule has 10 nitrogen and oxygen atoms in total. The largest absolute Gasteiger partial charge is 0.481 e. The van der Waals surface area contributed by atoms with Crippen molar-refractivity contribution in [2.75, 3.05) is 14.2 Å². The number of nitrogens with two attached hydrogens (primary N) is 2. The predicted molar refractivity (Wildman–Crippen MR) is 135 cm³/mol. The molecule has 0 aliphatic rings. The van der Waals surface area contributed by atoms with E-state index in [-0.39, 0.29) is 24.9 Å². The molecule has 2 aromatic heterocycles. The Kier molecular flexibility index (Phi) is 20.8. The maximum atomic E-state index is 10.9. The van der Waals surface area contributed by atoms with E-state index in [0.717, 1.165) is 27.2 Å². The number of aliphatic carboxylic acids is 1. The minimum Gasteiger partial charge on any atom is -0.481 e. The maximum absolute atomic E-state index is 10.9. The summed E-state index contributed by atoms with van der Waals surface area (Å²) in [5, 5.41) is 15.5. The zero-order chi connectivity index (χ0) is 26.0. The van der Waals surface area contributed by atoms with Gasteiger partial charge in [-0.3, -0.25) is 19.6 Å². The van der Waals surface area contributed by atoms with E-state index >= 15 is 0 Å². The van der Waals surface area contributed by atoms with Gasteiger partial charge in [0.05, 0.1) is 20.0 Å². The molecule has 2 heterocycles. The molecule has 0 aliphatic heterocycles. The van der Waals surface area contributed by atoms with Crippen molar-refractivity contribution in [2.24, 2.45) is 11.5 Å². The van der Waals surface area contributed by atoms with Crippen LogP contribution in [-0.4, -0.2) is 50.5 Å². The average molecular weight is 655 g/mol. The van der Waals surface area contributed by atoms with Gasteiger partial charge in [0.25, 0.3) is 0 Å². The lowest BCUT2D eigenvalue weighted by Gasteiger charge is -2.09. The third kappa shape index (κ3) is 18.9. The first-order valence-corrected chi connectivity index (χ1v) is 13.0. The van der Waals surface area contributed by atoms with Gasteiger partial charge in [-0.2, -0.15) is 0 Å². The SMILES string of the molecule is CO.COC(=O)CC(N)c1cncc(Br)c1.NC(CC(=O)O)c1cncc(Br)c1.O=S(Cl)Cl. The van der Waals surface area contributed by atoms with Gasteiger partial charge in [-0.25, -0.2) is 4.21 Å². The van der Waals surface area contributed by atoms with Crippen LogP contribution in [0.1, 0.15) is 36.1 Å². The fraction of sp³-hybridized carbons (Fsp3) is 0.333. The number of aliphatic hydroxyl groups is 1. The molecule has 186 valence electrons. The average Bonchev–Trinajstić information content (AvgIpc) is 2.74. The topological polar surface area (TPSA) is 179 Å². The van der Waals surface area contributed by atoms with Crippen LogP contribution in [-0.2, 0) is 23.6 Å². The number of hydrogen-bond acceptors (Lipinski definition) is 9. The summed E-state index contributed by atoms with van der Waals surface area (Å²) in [6.45, 7) is 0. The molecule has 0 bridgehead atoms. The molecular weight excluding hydrogens is 631 g/mol. The lowest BCUT2D eigenvalue weighted by molar-refractivity contribution is -0.141. The smallest absolute Gasteiger partial charge is 0.307 e. The number of pyridine rings is 2. The minimum atomic E-state index is -1.67. The number of nitrogens with zero attached hydrogens (tertiary/aromatic N) is 2. The van der Waals surface area contributed by atoms with Gasteiger partial charge in [-0.05, 0) is 55.1 Å². The highest BCUT2D eigenvalue weighted by Gasteiger charge is 2.12. The summed E-state index contributed by atoms with van der Waals surface area (Å²) in [4.78, 5) is 29.2. The summed E-state index contributed by atoms with van der Waals surface area (Å²) in [5.41, 5.74) is 12.9. The lowest BCUT2D eigenvalue weighted by atomic mass is 10.1. The van der Waals surface area contributed by atoms with E-state index < -0.39 is 21.2 Å². The molecule has 0 aliphatic carbocycles. The van der Waals surface area contributed by atoms with Gasteiger partial charge in [0, 0.05) is 74.3 Å². The molecule has 2 aromatic rings. The molecular formula is C18H24Br2Cl2N4O6S. The summed E-state index contributed by atoms with van der Waals surface area (Å²) in [5.74, 6) is -1.23. The van der Waals surface area contributed by atoms with E-state index in [1.807, 2.05) is 6.07 Å². The van der Waals surface area contributed by atoms with Crippen LogP contribution < -0.4 is 11.5 Å². The normalized spacial score (nSPS) is 11.3. The monoisotopic (exact) mass is 652 g/mol. The molecule has 6 N–H and O–H groups in total. The summed E-state index contributed by atoms with van der Waals surface area (Å²) in [6.07, 6.45) is 6.56. The highest BCUT2D eigenvalue weighted by Crippen LogP contribution is 2.18. The van der Waals surface area contributed by atoms with E-state index in [2.05, 4.69) is 67.9 Å². The number of ether oxygens (including phenoxy) is 1. The number of carboxylic acids is 1. The van der Waals surface area contributed by atoms with Gasteiger partial charge in [0.2, 0.25) is 9.23 Å². The molecule has 2 rings (SSSR count). The number of hydrogen-bond donors (Lipinski definition) is 4. The summed E-state index contributed by atoms with van der Waals surface area (Å²) >= 11 is 6.51. The van der Waals surface area contributed by atoms with Crippen LogP contribution in [0.3, 0.4) is 0 Å². The van der Waals surface area contributed by atoms with E-state index in [4.69, 9.17) is 25.9 Å². The molecule has 0 spiro atoms. The number of carbonyl (C=O) groups excluding carboxylic acids is 1. The number of carboxylic acid groups (broad SMARTS) is 1. The number of rotatable bonds is 6. The van der Waals surface area contributed by atoms with Gasteiger partial charge in [0.15, 0.2) is 0 Å². The Morgan fingerprint density at radius 3 is 1.67 bits per heavy atom. The van der Waals surface area contributed by atoms with Crippen molar-refractivity contribution in [2.45, 2.75) is 24.9 Å². The maximum Gasteiger partial charge on any atom is 0.307 e. The summed E-state index contributed by atoms with van der Waals surface area (Å²) in [7, 11) is 9.70. The highest BCUT2D eigenvalue weighted by atomic mass is 79.9. The standard InChI is InChI=1S/C9H11BrN2O2.C8H9BrN2O2.CH4O.Cl2OS/c1-14-9(13)3-8(11)6-2-7(10)5-12-4-6;9-6-1-5(3-11-4-6)7(10)2-8(12)13;1-2;1-4(2)3/h2,4-5,8H,3,11H2,1H3;1,3-4,7H,2,10H2,(H,12,13);2H,1H3;. The van der Waals surface area contributed by atoms with E-state index in [0.29, 0.717) is 0 Å². The first kappa shape index (κ1) is 34.0. The van der Waals surface area contributed by atoms with Crippen LogP contribution in [0.5, 0.6) is 0 Å². The molecule has 15 heteroatoms. The Labute approximate surface area is 219 Å². The van der Waals surface area contributed by atoms with Crippen LogP contribution in [0.15, 0.2) is 45.9 Å². The second kappa shape index (κ2) is 20.2. The molecule has 33 heavy (non-hydrogen) atoms. The van der Waals surface area contributed by atoms with E-state index in [1.54, 1.807) is 30.9 Å². The number of carbonyl (C=O) groups is 2. The number of aromatic nitrogens is 2. The zero-order valence-corrected chi connectivity index (χ0v) is 23.0. The molecule has 2 unspecified atom stereocenters. The van der Waals surface area contributed by atoms with Crippen molar-refractivity contribution in [3.8, 4) is 0 Å². The third-order valence-electron chi connectivity index (χ3n) is 3.32. The van der Waals surface area contributed by atoms with Crippen molar-refractivity contribution >= 4 is 74.4 Å². The van der Waals surface area contributed by atoms with Crippen molar-refractivity contribution in [1.29, 1.82) is 0 Å². The Bertz CT molecular complexity index is 881. The molecule has 0 saturated heterocycles. The van der Waals surface area contributed by atoms with Crippen LogP contribution >= 0.6 is 53.2 Å². The van der Waals surface area contributed by atoms with Crippen molar-refractivity contribution in [3.63, 3.8) is 0 Å². The first-order valence-electron chi connectivity index (χ1n) is 8.65. The predicted octanol–water partition coefficient (Wildman–Crippen LogP) is 3.38. The highest BCUT2D eigenvalue weighted by molar-refractivity contribution is 9.10. The second-order valence-corrected chi connectivity index (χ2v) is 10.0. The number of halogens is 4. The summed E-state index contributed by atoms with van der Waals surface area (Å²) < 4.78 is 15.2. The van der Waals surface area contributed by atoms with Crippen LogP contribution in [0.4, 0.5) is 0 Å². The van der Waals surface area contributed by atoms with Gasteiger partial charge in [0.1, 0.15) is 0 Å². The number of methoxy groups -OCH3 is 1. The minimum absolute atomic E-state index is 0.0852. The van der Waals surface area contributed by atoms with Crippen molar-refractivity contribution in [3.05, 3.63) is 57.0 Å². The molecule has 0 amide bonds. The molecule has 0 radical (unpaired) electrons. The van der Waals surface area contributed by atoms with E-state index in [9.17, 15) is 9.59 Å². The molecule has 0 aromatic carbocycles. The van der Waals surface area contributed by atoms with Gasteiger partial charge < -0.3 is 26.4 Å². The van der Waals surface area contributed by atoms with Crippen LogP contribution in [0, 0.1) is 0 Å². The van der Waals surface area contributed by atoms with Crippen molar-refractivity contribution in [1.82, 2.24) is 9.97 Å². The molecule has 0 saturated carbocycles. The van der Waals surface area contributed by atoms with Gasteiger partial charge in [-0.15, -0.1) is 0 Å². The Morgan fingerprint density at radius 2 is 1.36 bits per heavy atom. The number of esters is 1. The fourth-order valence-corrected chi connectivity index (χ4v) is 2.71. The molecule has 0 fully saturated rings. The van der Waals surface area contributed by atoms with Gasteiger partial charge >= 0.3 is 11.9 Å². The summed E-state index contributed by atoms with van der Waals surface area (Å²) in [6, 6.07) is 2.73.